The van der Waals surface area contributed by atoms with Gasteiger partial charge in [-0.2, -0.15) is 11.8 Å². The van der Waals surface area contributed by atoms with Crippen LogP contribution in [0.2, 0.25) is 0 Å². The number of aliphatic hydroxyl groups excluding tert-OH is 2. The number of benzene rings is 2. The van der Waals surface area contributed by atoms with Gasteiger partial charge in [0.1, 0.15) is 5.97 Å². The topological polar surface area (TPSA) is 157 Å². The van der Waals surface area contributed by atoms with Gasteiger partial charge in [0.25, 0.3) is 5.91 Å². The zero-order valence-corrected chi connectivity index (χ0v) is 28.1. The van der Waals surface area contributed by atoms with E-state index < -0.39 is 17.9 Å². The Morgan fingerprint density at radius 1 is 1.12 bits per heavy atom. The minimum Gasteiger partial charge on any atom is -0.544 e. The first-order valence-electron chi connectivity index (χ1n) is 13.6. The van der Waals surface area contributed by atoms with Crippen LogP contribution in [0.15, 0.2) is 54.6 Å². The summed E-state index contributed by atoms with van der Waals surface area (Å²) in [4.78, 5) is 34.0. The van der Waals surface area contributed by atoms with Gasteiger partial charge in [-0.25, -0.2) is 0 Å². The molecule has 0 bridgehead atoms. The van der Waals surface area contributed by atoms with Crippen LogP contribution in [0.3, 0.4) is 0 Å². The summed E-state index contributed by atoms with van der Waals surface area (Å²) in [6, 6.07) is 17.3. The summed E-state index contributed by atoms with van der Waals surface area (Å²) >= 11 is 1.78. The van der Waals surface area contributed by atoms with Gasteiger partial charge < -0.3 is 40.2 Å². The molecule has 0 aromatic heterocycles. The van der Waals surface area contributed by atoms with Gasteiger partial charge >= 0.3 is 29.6 Å². The minimum absolute atomic E-state index is 0. The predicted molar refractivity (Wildman–Crippen MR) is 158 cm³/mol. The van der Waals surface area contributed by atoms with Gasteiger partial charge in [0.05, 0.1) is 25.4 Å². The number of hydrogen-bond acceptors (Lipinski definition) is 9. The molecule has 0 spiro atoms. The van der Waals surface area contributed by atoms with E-state index in [2.05, 4.69) is 17.6 Å². The van der Waals surface area contributed by atoms with Crippen molar-refractivity contribution in [2.75, 3.05) is 38.4 Å². The number of carboxylic acid groups (broad SMARTS) is 1. The van der Waals surface area contributed by atoms with Gasteiger partial charge in [0, 0.05) is 32.6 Å². The maximum atomic E-state index is 11.8. The first-order chi connectivity index (χ1) is 19.7. The molecule has 228 valence electrons. The molecule has 0 radical (unpaired) electrons. The number of thioether (sulfide) groups is 1. The van der Waals surface area contributed by atoms with Crippen LogP contribution >= 0.6 is 11.8 Å². The Morgan fingerprint density at radius 3 is 2.24 bits per heavy atom. The first kappa shape index (κ1) is 40.0. The Kier molecular flexibility index (Phi) is 21.5. The molecule has 4 N–H and O–H groups in total. The summed E-state index contributed by atoms with van der Waals surface area (Å²) < 4.78 is 10.8. The van der Waals surface area contributed by atoms with E-state index in [9.17, 15) is 19.5 Å². The quantitative estimate of drug-likeness (QED) is 0.174. The number of amides is 2. The number of carbonyl (C=O) groups excluding carboxylic acids is 3. The van der Waals surface area contributed by atoms with Crippen molar-refractivity contribution in [3.05, 3.63) is 60.2 Å². The van der Waals surface area contributed by atoms with Crippen LogP contribution in [0.5, 0.6) is 0 Å². The van der Waals surface area contributed by atoms with Gasteiger partial charge in [-0.05, 0) is 54.5 Å². The van der Waals surface area contributed by atoms with Gasteiger partial charge in [0.15, 0.2) is 0 Å². The molecular formula is C30H43N2NaO8S. The van der Waals surface area contributed by atoms with Crippen molar-refractivity contribution < 1.29 is 68.7 Å². The molecule has 2 unspecified atom stereocenters. The molecule has 12 heteroatoms. The van der Waals surface area contributed by atoms with E-state index in [0.717, 1.165) is 36.2 Å². The maximum absolute atomic E-state index is 11.8. The SMILES string of the molecule is CC(O)CNC(=O)c1ccc(-c2ccccc2)cc1.CCSCCCO[C@]1(C(=O)[O-])CCC(NC(C)=O)CO1.CO.[Na+]. The molecule has 1 fully saturated rings. The van der Waals surface area contributed by atoms with Crippen LogP contribution in [-0.2, 0) is 19.1 Å². The summed E-state index contributed by atoms with van der Waals surface area (Å²) in [5.74, 6) is -1.37. The zero-order valence-electron chi connectivity index (χ0n) is 25.3. The third-order valence-corrected chi connectivity index (χ3v) is 6.83. The van der Waals surface area contributed by atoms with E-state index in [-0.39, 0.29) is 67.0 Å². The second-order valence-corrected chi connectivity index (χ2v) is 10.6. The average molecular weight is 615 g/mol. The molecule has 3 rings (SSSR count). The second-order valence-electron chi connectivity index (χ2n) is 9.19. The van der Waals surface area contributed by atoms with Crippen molar-refractivity contribution in [1.29, 1.82) is 0 Å². The van der Waals surface area contributed by atoms with Crippen molar-refractivity contribution >= 4 is 29.5 Å². The van der Waals surface area contributed by atoms with E-state index in [1.165, 1.54) is 6.92 Å². The molecule has 0 aliphatic carbocycles. The first-order valence-corrected chi connectivity index (χ1v) is 14.7. The minimum atomic E-state index is -1.66. The fourth-order valence-electron chi connectivity index (χ4n) is 3.82. The molecule has 2 aromatic rings. The third-order valence-electron chi connectivity index (χ3n) is 5.84. The summed E-state index contributed by atoms with van der Waals surface area (Å²) in [7, 11) is 1.00. The molecule has 0 saturated carbocycles. The van der Waals surface area contributed by atoms with E-state index in [4.69, 9.17) is 19.7 Å². The standard InChI is InChI=1S/C16H17NO2.C13H23NO5S.CH4O.Na/c1-12(18)11-17-16(19)15-9-7-14(8-10-15)13-5-3-2-4-6-13;1-3-20-8-4-7-18-13(12(16)17)6-5-11(9-19-13)14-10(2)15;1-2;/h2-10,12,18H,11H2,1H3,(H,17,19);11H,3-9H2,1-2H3,(H,14,15)(H,16,17);2H,1H3;/q;;;+1/p-1/t;11?,13-;;/m.1../s1. The van der Waals surface area contributed by atoms with Crippen molar-refractivity contribution in [2.45, 2.75) is 58.0 Å². The fraction of sp³-hybridized carbons (Fsp3) is 0.500. The molecule has 1 saturated heterocycles. The average Bonchev–Trinajstić information content (AvgIpc) is 2.98. The van der Waals surface area contributed by atoms with Gasteiger partial charge in [-0.15, -0.1) is 0 Å². The smallest absolute Gasteiger partial charge is 0.544 e. The molecular weight excluding hydrogens is 571 g/mol. The number of aliphatic hydroxyl groups is 2. The summed E-state index contributed by atoms with van der Waals surface area (Å²) in [6.07, 6.45) is 0.914. The number of carboxylic acids is 1. The van der Waals surface area contributed by atoms with Crippen LogP contribution < -0.4 is 45.3 Å². The van der Waals surface area contributed by atoms with Gasteiger partial charge in [-0.1, -0.05) is 49.4 Å². The molecule has 42 heavy (non-hydrogen) atoms. The summed E-state index contributed by atoms with van der Waals surface area (Å²) in [5, 5.41) is 32.8. The van der Waals surface area contributed by atoms with Crippen molar-refractivity contribution in [3.8, 4) is 11.1 Å². The Labute approximate surface area is 275 Å². The Balaban J connectivity index is 0.000000739. The Hall–Kier alpha value is -1.96. The maximum Gasteiger partial charge on any atom is 1.00 e. The monoisotopic (exact) mass is 614 g/mol. The second kappa shape index (κ2) is 22.6. The molecule has 1 aliphatic rings. The van der Waals surface area contributed by atoms with E-state index in [1.54, 1.807) is 30.8 Å². The Bertz CT molecular complexity index is 1030. The molecule has 3 atom stereocenters. The number of rotatable bonds is 12. The van der Waals surface area contributed by atoms with Gasteiger partial charge in [0.2, 0.25) is 11.7 Å². The zero-order chi connectivity index (χ0) is 30.7. The van der Waals surface area contributed by atoms with Crippen molar-refractivity contribution in [2.24, 2.45) is 0 Å². The third kappa shape index (κ3) is 15.0. The molecule has 1 aliphatic heterocycles. The van der Waals surface area contributed by atoms with Gasteiger partial charge in [-0.3, -0.25) is 9.59 Å². The molecule has 10 nitrogen and oxygen atoms in total. The van der Waals surface area contributed by atoms with E-state index in [0.29, 0.717) is 18.6 Å². The van der Waals surface area contributed by atoms with Crippen molar-refractivity contribution in [3.63, 3.8) is 0 Å². The number of carbonyl (C=O) groups is 3. The summed E-state index contributed by atoms with van der Waals surface area (Å²) in [5.41, 5.74) is 2.80. The van der Waals surface area contributed by atoms with E-state index in [1.807, 2.05) is 42.5 Å². The van der Waals surface area contributed by atoms with Crippen LogP contribution in [0.4, 0.5) is 0 Å². The largest absolute Gasteiger partial charge is 1.00 e. The fourth-order valence-corrected chi connectivity index (χ4v) is 4.43. The Morgan fingerprint density at radius 2 is 1.74 bits per heavy atom. The molecule has 2 amide bonds. The number of hydrogen-bond donors (Lipinski definition) is 4. The number of aliphatic carboxylic acids is 1. The van der Waals surface area contributed by atoms with Crippen LogP contribution in [0, 0.1) is 0 Å². The number of nitrogens with one attached hydrogen (secondary N) is 2. The van der Waals surface area contributed by atoms with Crippen LogP contribution in [0.1, 0.15) is 50.4 Å². The predicted octanol–water partition coefficient (Wildman–Crippen LogP) is -1.02. The molecule has 2 aromatic carbocycles. The summed E-state index contributed by atoms with van der Waals surface area (Å²) in [6.45, 7) is 5.84. The van der Waals surface area contributed by atoms with Crippen LogP contribution in [-0.4, -0.2) is 84.3 Å². The van der Waals surface area contributed by atoms with E-state index >= 15 is 0 Å². The van der Waals surface area contributed by atoms with Crippen LogP contribution in [0.25, 0.3) is 11.1 Å². The normalized spacial score (nSPS) is 18.0. The number of ether oxygens (including phenoxy) is 2. The van der Waals surface area contributed by atoms with Crippen molar-refractivity contribution in [1.82, 2.24) is 10.6 Å². The molecule has 1 heterocycles.